The van der Waals surface area contributed by atoms with Crippen molar-refractivity contribution in [3.8, 4) is 0 Å². The Balaban J connectivity index is 1.57. The number of fused-ring (bicyclic) bond motifs is 1. The molecule has 2 aliphatic rings. The lowest BCUT2D eigenvalue weighted by Crippen LogP contribution is -2.32. The van der Waals surface area contributed by atoms with Gasteiger partial charge in [-0.15, -0.1) is 0 Å². The zero-order chi connectivity index (χ0) is 18.4. The van der Waals surface area contributed by atoms with Crippen LogP contribution in [0, 0.1) is 5.92 Å². The molecule has 1 fully saturated rings. The van der Waals surface area contributed by atoms with E-state index in [1.165, 1.54) is 56.8 Å². The minimum absolute atomic E-state index is 0.251. The largest absolute Gasteiger partial charge is 0.453 e. The van der Waals surface area contributed by atoms with Crippen LogP contribution in [0.4, 0.5) is 4.79 Å². The summed E-state index contributed by atoms with van der Waals surface area (Å²) in [5.41, 5.74) is 4.53. The monoisotopic (exact) mass is 355 g/mol. The van der Waals surface area contributed by atoms with E-state index in [1.54, 1.807) is 5.56 Å². The molecule has 0 heterocycles. The van der Waals surface area contributed by atoms with Gasteiger partial charge >= 0.3 is 6.09 Å². The number of methoxy groups -OCH3 is 1. The SMILES string of the molecule is CCCC/C=C/C1CCc2cc([C@H]3CC[C@@H](NC(=O)OC)C3)ccc2C1. The zero-order valence-electron chi connectivity index (χ0n) is 16.3. The Morgan fingerprint density at radius 3 is 2.96 bits per heavy atom. The molecule has 1 saturated carbocycles. The summed E-state index contributed by atoms with van der Waals surface area (Å²) in [4.78, 5) is 11.4. The van der Waals surface area contributed by atoms with Crippen molar-refractivity contribution in [3.63, 3.8) is 0 Å². The first-order valence-corrected chi connectivity index (χ1v) is 10.3. The number of allylic oxidation sites excluding steroid dienone is 2. The third-order valence-corrected chi connectivity index (χ3v) is 6.04. The number of ether oxygens (including phenoxy) is 1. The minimum Gasteiger partial charge on any atom is -0.453 e. The number of hydrogen-bond acceptors (Lipinski definition) is 2. The van der Waals surface area contributed by atoms with E-state index in [2.05, 4.69) is 42.6 Å². The highest BCUT2D eigenvalue weighted by Crippen LogP contribution is 2.37. The van der Waals surface area contributed by atoms with Crippen molar-refractivity contribution in [2.45, 2.75) is 76.7 Å². The lowest BCUT2D eigenvalue weighted by Gasteiger charge is -2.24. The number of rotatable bonds is 6. The van der Waals surface area contributed by atoms with Crippen LogP contribution in [0.2, 0.25) is 0 Å². The Labute approximate surface area is 158 Å². The van der Waals surface area contributed by atoms with E-state index in [-0.39, 0.29) is 12.1 Å². The smallest absolute Gasteiger partial charge is 0.407 e. The van der Waals surface area contributed by atoms with Crippen LogP contribution in [0.15, 0.2) is 30.4 Å². The van der Waals surface area contributed by atoms with Gasteiger partial charge in [-0.2, -0.15) is 0 Å². The fourth-order valence-corrected chi connectivity index (χ4v) is 4.47. The van der Waals surface area contributed by atoms with E-state index < -0.39 is 0 Å². The van der Waals surface area contributed by atoms with Gasteiger partial charge in [0, 0.05) is 6.04 Å². The second-order valence-electron chi connectivity index (χ2n) is 7.94. The summed E-state index contributed by atoms with van der Waals surface area (Å²) >= 11 is 0. The Hall–Kier alpha value is -1.77. The lowest BCUT2D eigenvalue weighted by molar-refractivity contribution is 0.166. The minimum atomic E-state index is -0.306. The highest BCUT2D eigenvalue weighted by atomic mass is 16.5. The molecule has 3 nitrogen and oxygen atoms in total. The van der Waals surface area contributed by atoms with E-state index in [4.69, 9.17) is 4.74 Å². The first-order valence-electron chi connectivity index (χ1n) is 10.3. The molecule has 0 saturated heterocycles. The number of unbranched alkanes of at least 4 members (excludes halogenated alkanes) is 2. The van der Waals surface area contributed by atoms with Crippen molar-refractivity contribution in [3.05, 3.63) is 47.0 Å². The van der Waals surface area contributed by atoms with E-state index in [9.17, 15) is 4.79 Å². The molecular formula is C23H33NO2. The molecule has 1 unspecified atom stereocenters. The average Bonchev–Trinajstić information content (AvgIpc) is 3.13. The number of hydrogen-bond donors (Lipinski definition) is 1. The molecule has 1 amide bonds. The molecular weight excluding hydrogens is 322 g/mol. The number of nitrogens with one attached hydrogen (secondary N) is 1. The molecule has 3 rings (SSSR count). The van der Waals surface area contributed by atoms with Crippen LogP contribution in [-0.2, 0) is 17.6 Å². The molecule has 1 aromatic carbocycles. The van der Waals surface area contributed by atoms with Crippen molar-refractivity contribution in [1.82, 2.24) is 5.32 Å². The molecule has 0 spiro atoms. The van der Waals surface area contributed by atoms with Crippen molar-refractivity contribution in [2.24, 2.45) is 5.92 Å². The predicted molar refractivity (Wildman–Crippen MR) is 107 cm³/mol. The fraction of sp³-hybridized carbons (Fsp3) is 0.609. The van der Waals surface area contributed by atoms with Gasteiger partial charge in [-0.05, 0) is 73.5 Å². The van der Waals surface area contributed by atoms with Gasteiger partial charge in [-0.3, -0.25) is 0 Å². The van der Waals surface area contributed by atoms with Crippen LogP contribution in [0.5, 0.6) is 0 Å². The van der Waals surface area contributed by atoms with E-state index in [1.807, 2.05) is 0 Å². The normalized spacial score (nSPS) is 25.2. The first-order chi connectivity index (χ1) is 12.7. The third-order valence-electron chi connectivity index (χ3n) is 6.04. The molecule has 0 aliphatic heterocycles. The molecule has 1 N–H and O–H groups in total. The molecule has 1 aromatic rings. The van der Waals surface area contributed by atoms with Crippen molar-refractivity contribution >= 4 is 6.09 Å². The summed E-state index contributed by atoms with van der Waals surface area (Å²) in [6, 6.07) is 7.38. The molecule has 26 heavy (non-hydrogen) atoms. The number of aryl methyl sites for hydroxylation is 1. The quantitative estimate of drug-likeness (QED) is 0.538. The molecule has 0 aromatic heterocycles. The standard InChI is InChI=1S/C23H33NO2/c1-3-4-5-6-7-17-8-9-19-15-20(11-10-18(19)14-17)21-12-13-22(16-21)24-23(25)26-2/h6-7,10-11,15,17,21-22H,3-5,8-9,12-14,16H2,1-2H3,(H,24,25)/b7-6+/t17?,21-,22+/m0/s1. The van der Waals surface area contributed by atoms with Gasteiger partial charge < -0.3 is 10.1 Å². The molecule has 0 radical (unpaired) electrons. The Morgan fingerprint density at radius 2 is 2.15 bits per heavy atom. The van der Waals surface area contributed by atoms with Gasteiger partial charge in [0.2, 0.25) is 0 Å². The summed E-state index contributed by atoms with van der Waals surface area (Å²) in [5, 5.41) is 2.96. The van der Waals surface area contributed by atoms with Crippen molar-refractivity contribution in [2.75, 3.05) is 7.11 Å². The summed E-state index contributed by atoms with van der Waals surface area (Å²) in [5.74, 6) is 1.28. The van der Waals surface area contributed by atoms with Crippen LogP contribution in [0.25, 0.3) is 0 Å². The highest BCUT2D eigenvalue weighted by molar-refractivity contribution is 5.67. The van der Waals surface area contributed by atoms with E-state index >= 15 is 0 Å². The van der Waals surface area contributed by atoms with Gasteiger partial charge in [0.1, 0.15) is 0 Å². The summed E-state index contributed by atoms with van der Waals surface area (Å²) in [6.07, 6.45) is 15.2. The van der Waals surface area contributed by atoms with Gasteiger partial charge in [-0.25, -0.2) is 4.79 Å². The summed E-state index contributed by atoms with van der Waals surface area (Å²) in [6.45, 7) is 2.25. The maximum atomic E-state index is 11.4. The number of benzene rings is 1. The van der Waals surface area contributed by atoms with Gasteiger partial charge in [0.25, 0.3) is 0 Å². The molecule has 2 aliphatic carbocycles. The van der Waals surface area contributed by atoms with Gasteiger partial charge in [0.15, 0.2) is 0 Å². The maximum absolute atomic E-state index is 11.4. The molecule has 142 valence electrons. The first kappa shape index (κ1) is 19.0. The summed E-state index contributed by atoms with van der Waals surface area (Å²) < 4.78 is 4.72. The zero-order valence-corrected chi connectivity index (χ0v) is 16.3. The number of carbonyl (C=O) groups is 1. The lowest BCUT2D eigenvalue weighted by atomic mass is 9.81. The topological polar surface area (TPSA) is 38.3 Å². The van der Waals surface area contributed by atoms with Crippen LogP contribution in [0.3, 0.4) is 0 Å². The Kier molecular flexibility index (Phi) is 6.76. The van der Waals surface area contributed by atoms with Crippen LogP contribution < -0.4 is 5.32 Å². The number of carbonyl (C=O) groups excluding carboxylic acids is 1. The van der Waals surface area contributed by atoms with E-state index in [0.717, 1.165) is 19.3 Å². The average molecular weight is 356 g/mol. The molecule has 3 atom stereocenters. The van der Waals surface area contributed by atoms with E-state index in [0.29, 0.717) is 11.8 Å². The predicted octanol–water partition coefficient (Wildman–Crippen LogP) is 5.53. The van der Waals surface area contributed by atoms with Gasteiger partial charge in [-0.1, -0.05) is 50.1 Å². The van der Waals surface area contributed by atoms with Crippen LogP contribution in [0.1, 0.15) is 74.5 Å². The summed E-state index contributed by atoms with van der Waals surface area (Å²) in [7, 11) is 1.43. The molecule has 3 heteroatoms. The third kappa shape index (κ3) is 4.90. The highest BCUT2D eigenvalue weighted by Gasteiger charge is 2.28. The van der Waals surface area contributed by atoms with Crippen LogP contribution >= 0.6 is 0 Å². The fourth-order valence-electron chi connectivity index (χ4n) is 4.47. The second kappa shape index (κ2) is 9.25. The van der Waals surface area contributed by atoms with Crippen molar-refractivity contribution in [1.29, 1.82) is 0 Å². The maximum Gasteiger partial charge on any atom is 0.407 e. The second-order valence-corrected chi connectivity index (χ2v) is 7.94. The Morgan fingerprint density at radius 1 is 1.27 bits per heavy atom. The molecule has 0 bridgehead atoms. The Bertz CT molecular complexity index is 637. The number of alkyl carbamates (subject to hydrolysis) is 1. The van der Waals surface area contributed by atoms with Crippen molar-refractivity contribution < 1.29 is 9.53 Å². The number of amides is 1. The van der Waals surface area contributed by atoms with Crippen LogP contribution in [-0.4, -0.2) is 19.2 Å². The van der Waals surface area contributed by atoms with Gasteiger partial charge in [0.05, 0.1) is 7.11 Å².